The van der Waals surface area contributed by atoms with E-state index in [1.54, 1.807) is 0 Å². The van der Waals surface area contributed by atoms with Gasteiger partial charge in [0.2, 0.25) is 0 Å². The molecule has 1 aliphatic carbocycles. The van der Waals surface area contributed by atoms with Crippen molar-refractivity contribution in [3.05, 3.63) is 40.5 Å². The van der Waals surface area contributed by atoms with Gasteiger partial charge in [0.1, 0.15) is 5.60 Å². The lowest BCUT2D eigenvalue weighted by Gasteiger charge is -2.41. The highest BCUT2D eigenvalue weighted by atomic mass is 31.0. The van der Waals surface area contributed by atoms with Crippen LogP contribution in [0.2, 0.25) is 0 Å². The molecule has 0 fully saturated rings. The van der Waals surface area contributed by atoms with E-state index in [9.17, 15) is 5.11 Å². The van der Waals surface area contributed by atoms with Crippen LogP contribution >= 0.6 is 9.24 Å². The SMILES string of the molecule is Cc1cc(N(C)C)c(C(O)(C2=CCCC2)C(C)(F)P)cc1C. The molecule has 0 heterocycles. The summed E-state index contributed by atoms with van der Waals surface area (Å²) in [5, 5.41) is 9.64. The van der Waals surface area contributed by atoms with E-state index in [4.69, 9.17) is 0 Å². The van der Waals surface area contributed by atoms with E-state index >= 15 is 4.39 Å². The van der Waals surface area contributed by atoms with Gasteiger partial charge in [-0.3, -0.25) is 0 Å². The van der Waals surface area contributed by atoms with E-state index in [-0.39, 0.29) is 0 Å². The Labute approximate surface area is 135 Å². The number of alkyl halides is 1. The van der Waals surface area contributed by atoms with Gasteiger partial charge in [0, 0.05) is 25.3 Å². The summed E-state index contributed by atoms with van der Waals surface area (Å²) in [7, 11) is 6.05. The lowest BCUT2D eigenvalue weighted by Crippen LogP contribution is -2.44. The highest BCUT2D eigenvalue weighted by molar-refractivity contribution is 7.18. The topological polar surface area (TPSA) is 23.5 Å². The van der Waals surface area contributed by atoms with Gasteiger partial charge in [-0.1, -0.05) is 21.4 Å². The summed E-state index contributed by atoms with van der Waals surface area (Å²) >= 11 is 0. The quantitative estimate of drug-likeness (QED) is 0.662. The van der Waals surface area contributed by atoms with E-state index in [0.29, 0.717) is 5.56 Å². The van der Waals surface area contributed by atoms with Gasteiger partial charge in [0.05, 0.1) is 0 Å². The van der Waals surface area contributed by atoms with Crippen LogP contribution in [-0.2, 0) is 5.60 Å². The molecule has 0 saturated heterocycles. The molecule has 0 spiro atoms. The number of nitrogens with zero attached hydrogens (tertiary/aromatic N) is 1. The molecule has 0 saturated carbocycles. The second-order valence-corrected chi connectivity index (χ2v) is 7.84. The van der Waals surface area contributed by atoms with Crippen LogP contribution < -0.4 is 4.90 Å². The first-order valence-corrected chi connectivity index (χ1v) is 8.35. The number of halogens is 1. The zero-order chi connectivity index (χ0) is 16.7. The van der Waals surface area contributed by atoms with E-state index in [0.717, 1.165) is 41.6 Å². The van der Waals surface area contributed by atoms with Crippen molar-refractivity contribution in [3.63, 3.8) is 0 Å². The molecule has 1 N–H and O–H groups in total. The molecule has 122 valence electrons. The number of anilines is 1. The number of hydrogen-bond acceptors (Lipinski definition) is 2. The van der Waals surface area contributed by atoms with Crippen molar-refractivity contribution < 1.29 is 9.50 Å². The monoisotopic (exact) mass is 323 g/mol. The van der Waals surface area contributed by atoms with Crippen molar-refractivity contribution in [2.45, 2.75) is 51.0 Å². The Balaban J connectivity index is 2.75. The van der Waals surface area contributed by atoms with Crippen LogP contribution in [0.25, 0.3) is 0 Å². The molecule has 22 heavy (non-hydrogen) atoms. The van der Waals surface area contributed by atoms with Crippen LogP contribution in [0.5, 0.6) is 0 Å². The van der Waals surface area contributed by atoms with Crippen molar-refractivity contribution in [1.29, 1.82) is 0 Å². The van der Waals surface area contributed by atoms with Crippen LogP contribution in [-0.4, -0.2) is 24.6 Å². The van der Waals surface area contributed by atoms with Crippen LogP contribution in [0.4, 0.5) is 10.1 Å². The maximum atomic E-state index is 15.1. The Kier molecular flexibility index (Phi) is 4.71. The Hall–Kier alpha value is -0.920. The van der Waals surface area contributed by atoms with E-state index in [1.807, 2.05) is 51.1 Å². The van der Waals surface area contributed by atoms with Gasteiger partial charge in [-0.2, -0.15) is 0 Å². The Morgan fingerprint density at radius 2 is 1.82 bits per heavy atom. The summed E-state index contributed by atoms with van der Waals surface area (Å²) in [5.74, 6) is 0. The molecule has 1 aromatic rings. The second kappa shape index (κ2) is 5.94. The van der Waals surface area contributed by atoms with Gasteiger partial charge >= 0.3 is 0 Å². The first kappa shape index (κ1) is 17.4. The van der Waals surface area contributed by atoms with Gasteiger partial charge in [-0.15, -0.1) is 0 Å². The van der Waals surface area contributed by atoms with Crippen LogP contribution in [0.3, 0.4) is 0 Å². The summed E-state index contributed by atoms with van der Waals surface area (Å²) in [6.07, 6.45) is 4.61. The zero-order valence-electron chi connectivity index (χ0n) is 14.2. The molecule has 2 nitrogen and oxygen atoms in total. The fraction of sp³-hybridized carbons (Fsp3) is 0.556. The maximum absolute atomic E-state index is 15.1. The van der Waals surface area contributed by atoms with Gasteiger partial charge in [0.25, 0.3) is 0 Å². The highest BCUT2D eigenvalue weighted by Gasteiger charge is 2.50. The standard InChI is InChI=1S/C18H27FNOP/c1-12-10-15(16(20(4)5)11-13(12)2)18(21,17(3,19)22)14-8-6-7-9-14/h8,10-11,21H,6-7,9,22H2,1-5H3. The Morgan fingerprint density at radius 1 is 1.23 bits per heavy atom. The number of aryl methyl sites for hydroxylation is 2. The maximum Gasteiger partial charge on any atom is 0.157 e. The molecule has 1 aromatic carbocycles. The summed E-state index contributed by atoms with van der Waals surface area (Å²) in [5.41, 5.74) is 2.88. The Morgan fingerprint density at radius 3 is 2.27 bits per heavy atom. The molecule has 3 atom stereocenters. The van der Waals surface area contributed by atoms with Crippen molar-refractivity contribution >= 4 is 14.9 Å². The van der Waals surface area contributed by atoms with E-state index < -0.39 is 11.0 Å². The number of hydrogen-bond donors (Lipinski definition) is 1. The summed E-state index contributed by atoms with van der Waals surface area (Å²) in [6.45, 7) is 5.47. The number of rotatable bonds is 4. The molecular formula is C18H27FNOP. The second-order valence-electron chi connectivity index (χ2n) is 6.76. The molecular weight excluding hydrogens is 296 g/mol. The molecule has 0 aromatic heterocycles. The van der Waals surface area contributed by atoms with Crippen LogP contribution in [0, 0.1) is 13.8 Å². The van der Waals surface area contributed by atoms with Gasteiger partial charge in [-0.05, 0) is 62.8 Å². The van der Waals surface area contributed by atoms with E-state index in [2.05, 4.69) is 9.24 Å². The number of allylic oxidation sites excluding steroid dienone is 1. The Bertz CT molecular complexity index is 604. The van der Waals surface area contributed by atoms with Crippen molar-refractivity contribution in [3.8, 4) is 0 Å². The molecule has 0 radical (unpaired) electrons. The minimum atomic E-state index is -1.84. The molecule has 4 heteroatoms. The van der Waals surface area contributed by atoms with Crippen LogP contribution in [0.15, 0.2) is 23.8 Å². The summed E-state index contributed by atoms with van der Waals surface area (Å²) in [4.78, 5) is 1.94. The third-order valence-corrected chi connectivity index (χ3v) is 5.11. The van der Waals surface area contributed by atoms with Gasteiger partial charge in [0.15, 0.2) is 5.41 Å². The van der Waals surface area contributed by atoms with Crippen molar-refractivity contribution in [2.75, 3.05) is 19.0 Å². The third-order valence-electron chi connectivity index (χ3n) is 4.70. The van der Waals surface area contributed by atoms with Crippen molar-refractivity contribution in [1.82, 2.24) is 0 Å². The molecule has 1 aliphatic rings. The molecule has 0 bridgehead atoms. The predicted octanol–water partition coefficient (Wildman–Crippen LogP) is 4.23. The van der Waals surface area contributed by atoms with E-state index in [1.165, 1.54) is 6.92 Å². The first-order chi connectivity index (χ1) is 10.1. The first-order valence-electron chi connectivity index (χ1n) is 7.77. The predicted molar refractivity (Wildman–Crippen MR) is 95.3 cm³/mol. The summed E-state index contributed by atoms with van der Waals surface area (Å²) < 4.78 is 15.1. The van der Waals surface area contributed by atoms with Crippen LogP contribution in [0.1, 0.15) is 42.9 Å². The fourth-order valence-corrected chi connectivity index (χ4v) is 3.55. The lowest BCUT2D eigenvalue weighted by molar-refractivity contribution is -0.0210. The van der Waals surface area contributed by atoms with Crippen molar-refractivity contribution in [2.24, 2.45) is 0 Å². The molecule has 0 amide bonds. The number of benzene rings is 1. The zero-order valence-corrected chi connectivity index (χ0v) is 15.4. The minimum Gasteiger partial charge on any atom is -0.377 e. The molecule has 0 aliphatic heterocycles. The normalized spacial score (nSPS) is 20.3. The average molecular weight is 323 g/mol. The minimum absolute atomic E-state index is 0.647. The molecule has 2 rings (SSSR count). The fourth-order valence-electron chi connectivity index (χ4n) is 3.21. The highest BCUT2D eigenvalue weighted by Crippen LogP contribution is 2.51. The number of aliphatic hydroxyl groups is 1. The summed E-state index contributed by atoms with van der Waals surface area (Å²) in [6, 6.07) is 3.97. The smallest absolute Gasteiger partial charge is 0.157 e. The van der Waals surface area contributed by atoms with Gasteiger partial charge < -0.3 is 10.0 Å². The largest absolute Gasteiger partial charge is 0.377 e. The third kappa shape index (κ3) is 2.81. The van der Waals surface area contributed by atoms with Gasteiger partial charge in [-0.25, -0.2) is 4.39 Å². The lowest BCUT2D eigenvalue weighted by atomic mass is 9.79. The average Bonchev–Trinajstić information content (AvgIpc) is 2.93. The molecule has 3 unspecified atom stereocenters.